The summed E-state index contributed by atoms with van der Waals surface area (Å²) in [4.78, 5) is 14.6. The van der Waals surface area contributed by atoms with Crippen molar-refractivity contribution in [1.82, 2.24) is 10.2 Å². The number of carbonyl (C=O) groups excluding carboxylic acids is 1. The van der Waals surface area contributed by atoms with Crippen LogP contribution in [-0.4, -0.2) is 63.9 Å². The quantitative estimate of drug-likeness (QED) is 0.875. The number of methoxy groups -OCH3 is 1. The molecule has 2 aliphatic heterocycles. The molecule has 0 saturated carbocycles. The molecule has 1 fully saturated rings. The molecular weight excluding hydrogens is 296 g/mol. The largest absolute Gasteiger partial charge is 0.497 e. The second-order valence-corrected chi connectivity index (χ2v) is 5.57. The molecule has 0 aliphatic carbocycles. The van der Waals surface area contributed by atoms with Crippen molar-refractivity contribution in [2.75, 3.05) is 53.1 Å². The van der Waals surface area contributed by atoms with Gasteiger partial charge < -0.3 is 19.5 Å². The lowest BCUT2D eigenvalue weighted by Gasteiger charge is -2.26. The lowest BCUT2D eigenvalue weighted by Crippen LogP contribution is -2.41. The molecule has 0 unspecified atom stereocenters. The fraction of sp³-hybridized carbons (Fsp3) is 0.471. The van der Waals surface area contributed by atoms with Gasteiger partial charge in [0.2, 0.25) is 0 Å². The minimum Gasteiger partial charge on any atom is -0.497 e. The summed E-state index contributed by atoms with van der Waals surface area (Å²) < 4.78 is 16.2. The van der Waals surface area contributed by atoms with Gasteiger partial charge in [-0.15, -0.1) is 0 Å². The van der Waals surface area contributed by atoms with Crippen LogP contribution in [0.2, 0.25) is 0 Å². The van der Waals surface area contributed by atoms with E-state index in [1.165, 1.54) is 0 Å². The molecule has 1 saturated heterocycles. The molecule has 2 heterocycles. The monoisotopic (exact) mass is 318 g/mol. The van der Waals surface area contributed by atoms with E-state index < -0.39 is 0 Å². The van der Waals surface area contributed by atoms with Gasteiger partial charge in [0.05, 0.1) is 25.9 Å². The van der Waals surface area contributed by atoms with Crippen molar-refractivity contribution < 1.29 is 19.0 Å². The predicted octanol–water partition coefficient (Wildman–Crippen LogP) is 0.919. The average molecular weight is 318 g/mol. The van der Waals surface area contributed by atoms with Crippen LogP contribution in [0.15, 0.2) is 23.8 Å². The Hall–Kier alpha value is -2.05. The third-order valence-electron chi connectivity index (χ3n) is 4.04. The fourth-order valence-electron chi connectivity index (χ4n) is 2.68. The SMILES string of the molecule is COc1ccc2c(c1)C=C(C(=O)NCCN1CCOCC1)CO2. The number of nitrogens with zero attached hydrogens (tertiary/aromatic N) is 1. The molecule has 0 aromatic heterocycles. The van der Waals surface area contributed by atoms with Gasteiger partial charge in [-0.3, -0.25) is 9.69 Å². The molecule has 124 valence electrons. The third-order valence-corrected chi connectivity index (χ3v) is 4.04. The van der Waals surface area contributed by atoms with Crippen molar-refractivity contribution in [2.24, 2.45) is 0 Å². The van der Waals surface area contributed by atoms with E-state index in [1.54, 1.807) is 7.11 Å². The molecule has 1 amide bonds. The zero-order chi connectivity index (χ0) is 16.1. The number of benzene rings is 1. The first-order chi connectivity index (χ1) is 11.3. The van der Waals surface area contributed by atoms with Gasteiger partial charge in [-0.2, -0.15) is 0 Å². The van der Waals surface area contributed by atoms with Crippen LogP contribution in [-0.2, 0) is 9.53 Å². The average Bonchev–Trinajstić information content (AvgIpc) is 2.61. The van der Waals surface area contributed by atoms with Gasteiger partial charge in [0.25, 0.3) is 5.91 Å². The predicted molar refractivity (Wildman–Crippen MR) is 86.7 cm³/mol. The van der Waals surface area contributed by atoms with Crippen molar-refractivity contribution in [3.63, 3.8) is 0 Å². The molecule has 23 heavy (non-hydrogen) atoms. The summed E-state index contributed by atoms with van der Waals surface area (Å²) in [6, 6.07) is 5.58. The number of nitrogens with one attached hydrogen (secondary N) is 1. The van der Waals surface area contributed by atoms with Crippen molar-refractivity contribution in [1.29, 1.82) is 0 Å². The summed E-state index contributed by atoms with van der Waals surface area (Å²) in [5.74, 6) is 1.44. The maximum Gasteiger partial charge on any atom is 0.250 e. The first kappa shape index (κ1) is 15.8. The fourth-order valence-corrected chi connectivity index (χ4v) is 2.68. The minimum absolute atomic E-state index is 0.0771. The number of fused-ring (bicyclic) bond motifs is 1. The summed E-state index contributed by atoms with van der Waals surface area (Å²) >= 11 is 0. The van der Waals surface area contributed by atoms with Crippen LogP contribution in [0.5, 0.6) is 11.5 Å². The van der Waals surface area contributed by atoms with E-state index in [1.807, 2.05) is 24.3 Å². The Kier molecular flexibility index (Phi) is 5.15. The molecule has 1 aromatic rings. The topological polar surface area (TPSA) is 60.0 Å². The van der Waals surface area contributed by atoms with Gasteiger partial charge in [-0.1, -0.05) is 0 Å². The van der Waals surface area contributed by atoms with Crippen LogP contribution in [0.25, 0.3) is 6.08 Å². The van der Waals surface area contributed by atoms with Crippen molar-refractivity contribution in [3.8, 4) is 11.5 Å². The second kappa shape index (κ2) is 7.48. The van der Waals surface area contributed by atoms with Crippen molar-refractivity contribution in [2.45, 2.75) is 0 Å². The normalized spacial score (nSPS) is 17.7. The summed E-state index contributed by atoms with van der Waals surface area (Å²) in [7, 11) is 1.62. The lowest BCUT2D eigenvalue weighted by atomic mass is 10.1. The number of hydrogen-bond acceptors (Lipinski definition) is 5. The second-order valence-electron chi connectivity index (χ2n) is 5.57. The highest BCUT2D eigenvalue weighted by Crippen LogP contribution is 2.29. The number of amides is 1. The Morgan fingerprint density at radius 3 is 2.96 bits per heavy atom. The lowest BCUT2D eigenvalue weighted by molar-refractivity contribution is -0.117. The molecule has 0 bridgehead atoms. The van der Waals surface area contributed by atoms with E-state index in [9.17, 15) is 4.79 Å². The number of morpholine rings is 1. The van der Waals surface area contributed by atoms with Gasteiger partial charge in [-0.25, -0.2) is 0 Å². The first-order valence-corrected chi connectivity index (χ1v) is 7.86. The summed E-state index contributed by atoms with van der Waals surface area (Å²) in [6.07, 6.45) is 1.87. The number of hydrogen-bond donors (Lipinski definition) is 1. The van der Waals surface area contributed by atoms with Crippen molar-refractivity contribution >= 4 is 12.0 Å². The van der Waals surface area contributed by atoms with E-state index in [2.05, 4.69) is 10.2 Å². The number of carbonyl (C=O) groups is 1. The third kappa shape index (κ3) is 4.03. The van der Waals surface area contributed by atoms with Crippen LogP contribution < -0.4 is 14.8 Å². The highest BCUT2D eigenvalue weighted by atomic mass is 16.5. The molecule has 6 heteroatoms. The standard InChI is InChI=1S/C17H22N2O4/c1-21-15-2-3-16-13(11-15)10-14(12-23-16)17(20)18-4-5-19-6-8-22-9-7-19/h2-3,10-11H,4-9,12H2,1H3,(H,18,20). The molecule has 3 rings (SSSR count). The Morgan fingerprint density at radius 2 is 2.17 bits per heavy atom. The number of rotatable bonds is 5. The molecule has 0 radical (unpaired) electrons. The molecule has 2 aliphatic rings. The van der Waals surface area contributed by atoms with Gasteiger partial charge in [0, 0.05) is 31.7 Å². The molecule has 1 N–H and O–H groups in total. The number of ether oxygens (including phenoxy) is 3. The molecular formula is C17H22N2O4. The zero-order valence-electron chi connectivity index (χ0n) is 13.3. The van der Waals surface area contributed by atoms with Gasteiger partial charge >= 0.3 is 0 Å². The van der Waals surface area contributed by atoms with Crippen LogP contribution in [0.4, 0.5) is 0 Å². The van der Waals surface area contributed by atoms with Crippen LogP contribution in [0.3, 0.4) is 0 Å². The molecule has 1 aromatic carbocycles. The Labute approximate surface area is 136 Å². The van der Waals surface area contributed by atoms with E-state index in [0.717, 1.165) is 49.9 Å². The smallest absolute Gasteiger partial charge is 0.250 e. The Bertz CT molecular complexity index is 594. The highest BCUT2D eigenvalue weighted by Gasteiger charge is 2.18. The summed E-state index contributed by atoms with van der Waals surface area (Å²) in [5, 5.41) is 2.96. The first-order valence-electron chi connectivity index (χ1n) is 7.86. The highest BCUT2D eigenvalue weighted by molar-refractivity contribution is 5.99. The van der Waals surface area contributed by atoms with Crippen LogP contribution in [0, 0.1) is 0 Å². The van der Waals surface area contributed by atoms with E-state index in [0.29, 0.717) is 18.7 Å². The van der Waals surface area contributed by atoms with Crippen LogP contribution >= 0.6 is 0 Å². The molecule has 6 nitrogen and oxygen atoms in total. The van der Waals surface area contributed by atoms with E-state index in [-0.39, 0.29) is 5.91 Å². The van der Waals surface area contributed by atoms with Gasteiger partial charge in [0.15, 0.2) is 0 Å². The van der Waals surface area contributed by atoms with E-state index in [4.69, 9.17) is 14.2 Å². The van der Waals surface area contributed by atoms with Gasteiger partial charge in [-0.05, 0) is 24.3 Å². The summed E-state index contributed by atoms with van der Waals surface area (Å²) in [6.45, 7) is 5.15. The maximum absolute atomic E-state index is 12.3. The van der Waals surface area contributed by atoms with Crippen LogP contribution in [0.1, 0.15) is 5.56 Å². The van der Waals surface area contributed by atoms with Crippen molar-refractivity contribution in [3.05, 3.63) is 29.3 Å². The minimum atomic E-state index is -0.0771. The molecule has 0 atom stereocenters. The Balaban J connectivity index is 1.55. The molecule has 0 spiro atoms. The van der Waals surface area contributed by atoms with Gasteiger partial charge in [0.1, 0.15) is 18.1 Å². The Morgan fingerprint density at radius 1 is 1.35 bits per heavy atom. The zero-order valence-corrected chi connectivity index (χ0v) is 13.3. The van der Waals surface area contributed by atoms with E-state index >= 15 is 0 Å². The summed E-state index contributed by atoms with van der Waals surface area (Å²) in [5.41, 5.74) is 1.50. The maximum atomic E-state index is 12.3.